The van der Waals surface area contributed by atoms with E-state index in [0.717, 1.165) is 0 Å². The number of hydrogen-bond acceptors (Lipinski definition) is 5. The molecule has 0 aromatic heterocycles. The van der Waals surface area contributed by atoms with E-state index in [1.54, 1.807) is 36.4 Å². The smallest absolute Gasteiger partial charge is 0.237 e. The molecule has 0 saturated heterocycles. The third-order valence-electron chi connectivity index (χ3n) is 2.78. The van der Waals surface area contributed by atoms with Gasteiger partial charge < -0.3 is 0 Å². The van der Waals surface area contributed by atoms with E-state index in [-0.39, 0.29) is 11.5 Å². The van der Waals surface area contributed by atoms with Crippen molar-refractivity contribution in [2.45, 2.75) is 0 Å². The van der Waals surface area contributed by atoms with Gasteiger partial charge in [-0.15, -0.1) is 0 Å². The highest BCUT2D eigenvalue weighted by Gasteiger charge is 2.13. The SMILES string of the molecule is N#CC(C#N)=NNc1ccccc1C(=O)c1ccc(F)cc1. The largest absolute Gasteiger partial charge is 0.289 e. The number of nitrogens with one attached hydrogen (secondary N) is 1. The lowest BCUT2D eigenvalue weighted by atomic mass is 10.0. The molecular formula is C16H9FN4O. The highest BCUT2D eigenvalue weighted by Crippen LogP contribution is 2.19. The fourth-order valence-electron chi connectivity index (χ4n) is 1.73. The quantitative estimate of drug-likeness (QED) is 0.533. The Morgan fingerprint density at radius 1 is 1.05 bits per heavy atom. The summed E-state index contributed by atoms with van der Waals surface area (Å²) >= 11 is 0. The Balaban J connectivity index is 2.35. The number of benzene rings is 2. The molecule has 0 bridgehead atoms. The predicted molar refractivity (Wildman–Crippen MR) is 78.6 cm³/mol. The van der Waals surface area contributed by atoms with Crippen LogP contribution in [0.2, 0.25) is 0 Å². The summed E-state index contributed by atoms with van der Waals surface area (Å²) in [6.07, 6.45) is 0. The highest BCUT2D eigenvalue weighted by atomic mass is 19.1. The fourth-order valence-corrected chi connectivity index (χ4v) is 1.73. The molecule has 0 saturated carbocycles. The number of nitrogens with zero attached hydrogens (tertiary/aromatic N) is 3. The van der Waals surface area contributed by atoms with Gasteiger partial charge >= 0.3 is 0 Å². The van der Waals surface area contributed by atoms with Crippen molar-refractivity contribution in [3.8, 4) is 12.1 Å². The molecule has 5 nitrogen and oxygen atoms in total. The van der Waals surface area contributed by atoms with Crippen LogP contribution >= 0.6 is 0 Å². The molecule has 2 rings (SSSR count). The van der Waals surface area contributed by atoms with Crippen molar-refractivity contribution >= 4 is 17.2 Å². The van der Waals surface area contributed by atoms with Crippen molar-refractivity contribution in [3.05, 3.63) is 65.5 Å². The monoisotopic (exact) mass is 292 g/mol. The van der Waals surface area contributed by atoms with Crippen LogP contribution in [0.15, 0.2) is 53.6 Å². The van der Waals surface area contributed by atoms with E-state index in [4.69, 9.17) is 10.5 Å². The number of para-hydroxylation sites is 1. The molecule has 0 unspecified atom stereocenters. The first-order valence-corrected chi connectivity index (χ1v) is 6.19. The molecule has 0 atom stereocenters. The van der Waals surface area contributed by atoms with E-state index in [1.165, 1.54) is 24.3 Å². The zero-order valence-corrected chi connectivity index (χ0v) is 11.2. The van der Waals surface area contributed by atoms with Crippen LogP contribution in [0.25, 0.3) is 0 Å². The molecule has 2 aromatic rings. The number of rotatable bonds is 4. The van der Waals surface area contributed by atoms with Crippen molar-refractivity contribution in [3.63, 3.8) is 0 Å². The zero-order chi connectivity index (χ0) is 15.9. The molecule has 0 aliphatic rings. The summed E-state index contributed by atoms with van der Waals surface area (Å²) in [7, 11) is 0. The lowest BCUT2D eigenvalue weighted by Gasteiger charge is -2.07. The normalized spacial score (nSPS) is 9.23. The third kappa shape index (κ3) is 3.33. The van der Waals surface area contributed by atoms with Gasteiger partial charge in [0.15, 0.2) is 5.78 Å². The number of hydrogen-bond donors (Lipinski definition) is 1. The number of carbonyl (C=O) groups is 1. The van der Waals surface area contributed by atoms with Crippen molar-refractivity contribution in [2.24, 2.45) is 5.10 Å². The van der Waals surface area contributed by atoms with Gasteiger partial charge in [0.05, 0.1) is 5.69 Å². The van der Waals surface area contributed by atoms with E-state index in [1.807, 2.05) is 0 Å². The summed E-state index contributed by atoms with van der Waals surface area (Å²) < 4.78 is 12.9. The molecule has 0 heterocycles. The summed E-state index contributed by atoms with van der Waals surface area (Å²) in [5, 5.41) is 20.9. The molecule has 6 heteroatoms. The van der Waals surface area contributed by atoms with E-state index >= 15 is 0 Å². The first-order chi connectivity index (χ1) is 10.7. The maximum atomic E-state index is 12.9. The second-order valence-corrected chi connectivity index (χ2v) is 4.18. The van der Waals surface area contributed by atoms with Gasteiger partial charge in [-0.25, -0.2) is 4.39 Å². The van der Waals surface area contributed by atoms with Gasteiger partial charge in [-0.1, -0.05) is 12.1 Å². The van der Waals surface area contributed by atoms with Crippen LogP contribution in [-0.2, 0) is 0 Å². The third-order valence-corrected chi connectivity index (χ3v) is 2.78. The Morgan fingerprint density at radius 2 is 1.68 bits per heavy atom. The lowest BCUT2D eigenvalue weighted by molar-refractivity contribution is 0.103. The Hall–Kier alpha value is -3.51. The van der Waals surface area contributed by atoms with Crippen LogP contribution in [-0.4, -0.2) is 11.5 Å². The highest BCUT2D eigenvalue weighted by molar-refractivity contribution is 6.13. The van der Waals surface area contributed by atoms with E-state index in [2.05, 4.69) is 10.5 Å². The van der Waals surface area contributed by atoms with Gasteiger partial charge in [-0.05, 0) is 36.4 Å². The summed E-state index contributed by atoms with van der Waals surface area (Å²) in [6, 6.07) is 14.9. The first kappa shape index (κ1) is 14.9. The summed E-state index contributed by atoms with van der Waals surface area (Å²) in [6.45, 7) is 0. The van der Waals surface area contributed by atoms with Gasteiger partial charge in [-0.2, -0.15) is 15.6 Å². The molecule has 22 heavy (non-hydrogen) atoms. The number of hydrazone groups is 1. The van der Waals surface area contributed by atoms with E-state index < -0.39 is 5.82 Å². The molecule has 2 aromatic carbocycles. The minimum absolute atomic E-state index is 0.299. The Morgan fingerprint density at radius 3 is 2.32 bits per heavy atom. The minimum Gasteiger partial charge on any atom is -0.289 e. The molecule has 0 aliphatic carbocycles. The van der Waals surface area contributed by atoms with Crippen LogP contribution in [0, 0.1) is 28.5 Å². The van der Waals surface area contributed by atoms with Gasteiger partial charge in [0, 0.05) is 11.1 Å². The van der Waals surface area contributed by atoms with Gasteiger partial charge in [-0.3, -0.25) is 10.2 Å². The van der Waals surface area contributed by atoms with Crippen LogP contribution in [0.1, 0.15) is 15.9 Å². The van der Waals surface area contributed by atoms with Crippen LogP contribution in [0.4, 0.5) is 10.1 Å². The molecule has 0 spiro atoms. The second kappa shape index (κ2) is 6.78. The number of ketones is 1. The van der Waals surface area contributed by atoms with Gasteiger partial charge in [0.2, 0.25) is 5.71 Å². The maximum absolute atomic E-state index is 12.9. The Labute approximate surface area is 125 Å². The summed E-state index contributed by atoms with van der Waals surface area (Å²) in [5.74, 6) is -0.756. The molecule has 106 valence electrons. The van der Waals surface area contributed by atoms with Crippen LogP contribution < -0.4 is 5.43 Å². The average Bonchev–Trinajstić information content (AvgIpc) is 2.56. The van der Waals surface area contributed by atoms with Crippen molar-refractivity contribution in [2.75, 3.05) is 5.43 Å². The molecule has 0 aliphatic heterocycles. The van der Waals surface area contributed by atoms with Gasteiger partial charge in [0.1, 0.15) is 18.0 Å². The van der Waals surface area contributed by atoms with Crippen LogP contribution in [0.3, 0.4) is 0 Å². The number of carbonyl (C=O) groups excluding carboxylic acids is 1. The Kier molecular flexibility index (Phi) is 4.59. The fraction of sp³-hybridized carbons (Fsp3) is 0. The zero-order valence-electron chi connectivity index (χ0n) is 11.2. The van der Waals surface area contributed by atoms with E-state index in [9.17, 15) is 9.18 Å². The second-order valence-electron chi connectivity index (χ2n) is 4.18. The average molecular weight is 292 g/mol. The van der Waals surface area contributed by atoms with Crippen LogP contribution in [0.5, 0.6) is 0 Å². The molecule has 0 radical (unpaired) electrons. The van der Waals surface area contributed by atoms with Crippen molar-refractivity contribution < 1.29 is 9.18 Å². The van der Waals surface area contributed by atoms with E-state index in [0.29, 0.717) is 16.8 Å². The first-order valence-electron chi connectivity index (χ1n) is 6.19. The molecule has 0 amide bonds. The lowest BCUT2D eigenvalue weighted by Crippen LogP contribution is -2.06. The van der Waals surface area contributed by atoms with Gasteiger partial charge in [0.25, 0.3) is 0 Å². The molecule has 1 N–H and O–H groups in total. The number of anilines is 1. The number of nitriles is 2. The summed E-state index contributed by atoms with van der Waals surface area (Å²) in [5.41, 5.74) is 3.13. The summed E-state index contributed by atoms with van der Waals surface area (Å²) in [4.78, 5) is 12.4. The van der Waals surface area contributed by atoms with Crippen molar-refractivity contribution in [1.82, 2.24) is 0 Å². The topological polar surface area (TPSA) is 89.0 Å². The van der Waals surface area contributed by atoms with Crippen molar-refractivity contribution in [1.29, 1.82) is 10.5 Å². The standard InChI is InChI=1S/C16H9FN4O/c17-12-7-5-11(6-8-12)16(22)14-3-1-2-4-15(14)21-20-13(9-18)10-19/h1-8,21H. The Bertz CT molecular complexity index is 797. The maximum Gasteiger partial charge on any atom is 0.237 e. The molecule has 0 fully saturated rings. The molecular weight excluding hydrogens is 283 g/mol. The predicted octanol–water partition coefficient (Wildman–Crippen LogP) is 2.87. The number of halogens is 1. The minimum atomic E-state index is -0.430.